The molecule has 0 unspecified atom stereocenters. The van der Waals surface area contributed by atoms with Crippen LogP contribution in [0.25, 0.3) is 0 Å². The maximum absolute atomic E-state index is 11.2. The number of carboxylic acids is 2. The number of rotatable bonds is 13. The first-order valence-corrected chi connectivity index (χ1v) is 10.5. The third kappa shape index (κ3) is 7.11. The van der Waals surface area contributed by atoms with Gasteiger partial charge in [0.25, 0.3) is 0 Å². The quantitative estimate of drug-likeness (QED) is 0.174. The fraction of sp³-hybridized carbons (Fsp3) is 0.652. The molecular formula is C23H36O7. The van der Waals surface area contributed by atoms with Crippen molar-refractivity contribution in [1.29, 1.82) is 0 Å². The Bertz CT molecular complexity index is 750. The van der Waals surface area contributed by atoms with E-state index < -0.39 is 22.8 Å². The number of aromatic hydroxyl groups is 3. The van der Waals surface area contributed by atoms with E-state index in [0.717, 1.165) is 6.42 Å². The Labute approximate surface area is 178 Å². The summed E-state index contributed by atoms with van der Waals surface area (Å²) >= 11 is 0. The van der Waals surface area contributed by atoms with Crippen LogP contribution in [-0.2, 0) is 22.4 Å². The van der Waals surface area contributed by atoms with Crippen molar-refractivity contribution in [3.05, 3.63) is 17.2 Å². The number of hydrogen-bond acceptors (Lipinski definition) is 5. The van der Waals surface area contributed by atoms with Gasteiger partial charge in [-0.05, 0) is 77.8 Å². The number of hydrogen-bond donors (Lipinski definition) is 5. The van der Waals surface area contributed by atoms with Crippen LogP contribution >= 0.6 is 0 Å². The lowest BCUT2D eigenvalue weighted by Crippen LogP contribution is -2.23. The van der Waals surface area contributed by atoms with Crippen molar-refractivity contribution in [3.63, 3.8) is 0 Å². The molecule has 170 valence electrons. The van der Waals surface area contributed by atoms with E-state index >= 15 is 0 Å². The van der Waals surface area contributed by atoms with Crippen LogP contribution in [0, 0.1) is 10.8 Å². The molecule has 0 atom stereocenters. The normalized spacial score (nSPS) is 12.1. The number of unbranched alkanes of at least 4 members (excludes halogenated alkanes) is 3. The minimum Gasteiger partial charge on any atom is -0.507 e. The number of phenols is 3. The Morgan fingerprint density at radius 3 is 1.70 bits per heavy atom. The molecule has 0 fully saturated rings. The van der Waals surface area contributed by atoms with Gasteiger partial charge in [0.15, 0.2) is 11.5 Å². The summed E-state index contributed by atoms with van der Waals surface area (Å²) in [5.74, 6) is -2.32. The fourth-order valence-corrected chi connectivity index (χ4v) is 3.33. The number of phenolic OH excluding ortho intramolecular Hbond substituents is 3. The van der Waals surface area contributed by atoms with Crippen LogP contribution in [0.4, 0.5) is 0 Å². The van der Waals surface area contributed by atoms with Crippen LogP contribution in [0.5, 0.6) is 17.2 Å². The molecule has 0 aliphatic rings. The van der Waals surface area contributed by atoms with Gasteiger partial charge in [-0.25, -0.2) is 0 Å². The van der Waals surface area contributed by atoms with Crippen molar-refractivity contribution in [2.75, 3.05) is 0 Å². The lowest BCUT2D eigenvalue weighted by molar-refractivity contribution is -0.148. The highest BCUT2D eigenvalue weighted by Crippen LogP contribution is 2.40. The summed E-state index contributed by atoms with van der Waals surface area (Å²) in [7, 11) is 0. The van der Waals surface area contributed by atoms with E-state index in [-0.39, 0.29) is 17.2 Å². The van der Waals surface area contributed by atoms with Crippen LogP contribution in [-0.4, -0.2) is 37.5 Å². The number of aryl methyl sites for hydroxylation is 1. The Morgan fingerprint density at radius 2 is 1.20 bits per heavy atom. The topological polar surface area (TPSA) is 135 Å². The lowest BCUT2D eigenvalue weighted by atomic mass is 9.86. The third-order valence-corrected chi connectivity index (χ3v) is 5.81. The molecule has 1 aromatic rings. The predicted molar refractivity (Wildman–Crippen MR) is 114 cm³/mol. The Hall–Kier alpha value is -2.44. The zero-order valence-corrected chi connectivity index (χ0v) is 18.5. The zero-order chi connectivity index (χ0) is 23.1. The number of benzene rings is 1. The summed E-state index contributed by atoms with van der Waals surface area (Å²) in [5.41, 5.74) is -0.759. The second-order valence-electron chi connectivity index (χ2n) is 9.38. The van der Waals surface area contributed by atoms with Gasteiger partial charge in [-0.1, -0.05) is 19.3 Å². The number of carboxylic acid groups (broad SMARTS) is 2. The molecule has 0 bridgehead atoms. The van der Waals surface area contributed by atoms with E-state index in [1.807, 2.05) is 0 Å². The molecule has 0 saturated carbocycles. The van der Waals surface area contributed by atoms with Crippen molar-refractivity contribution in [2.45, 2.75) is 85.5 Å². The molecule has 1 rings (SSSR count). The SMILES string of the molecule is CC(C)(CCCCCc1c(O)c(O)cc(CCCCC(C)(C)C(=O)O)c1O)C(=O)O. The van der Waals surface area contributed by atoms with E-state index in [2.05, 4.69) is 0 Å². The second-order valence-corrected chi connectivity index (χ2v) is 9.38. The monoisotopic (exact) mass is 424 g/mol. The van der Waals surface area contributed by atoms with Crippen molar-refractivity contribution < 1.29 is 35.1 Å². The summed E-state index contributed by atoms with van der Waals surface area (Å²) in [6, 6.07) is 1.35. The van der Waals surface area contributed by atoms with Gasteiger partial charge in [0.05, 0.1) is 10.8 Å². The average molecular weight is 425 g/mol. The van der Waals surface area contributed by atoms with Crippen molar-refractivity contribution in [1.82, 2.24) is 0 Å². The van der Waals surface area contributed by atoms with E-state index in [4.69, 9.17) is 10.2 Å². The summed E-state index contributed by atoms with van der Waals surface area (Å²) < 4.78 is 0. The average Bonchev–Trinajstić information content (AvgIpc) is 2.64. The molecular weight excluding hydrogens is 388 g/mol. The van der Waals surface area contributed by atoms with E-state index in [1.54, 1.807) is 27.7 Å². The molecule has 0 aliphatic heterocycles. The molecule has 0 spiro atoms. The second kappa shape index (κ2) is 10.5. The minimum absolute atomic E-state index is 0.0336. The summed E-state index contributed by atoms with van der Waals surface area (Å²) in [5, 5.41) is 49.0. The van der Waals surface area contributed by atoms with Crippen LogP contribution in [0.3, 0.4) is 0 Å². The first kappa shape index (κ1) is 25.6. The molecule has 0 heterocycles. The van der Waals surface area contributed by atoms with Gasteiger partial charge in [-0.3, -0.25) is 9.59 Å². The molecule has 0 aliphatic carbocycles. The fourth-order valence-electron chi connectivity index (χ4n) is 3.33. The first-order chi connectivity index (χ1) is 13.8. The zero-order valence-electron chi connectivity index (χ0n) is 18.5. The van der Waals surface area contributed by atoms with Crippen LogP contribution < -0.4 is 0 Å². The summed E-state index contributed by atoms with van der Waals surface area (Å²) in [4.78, 5) is 22.3. The Morgan fingerprint density at radius 1 is 0.733 bits per heavy atom. The van der Waals surface area contributed by atoms with Gasteiger partial charge < -0.3 is 25.5 Å². The first-order valence-electron chi connectivity index (χ1n) is 10.5. The minimum atomic E-state index is -0.846. The molecule has 5 N–H and O–H groups in total. The summed E-state index contributed by atoms with van der Waals surface area (Å²) in [6.45, 7) is 6.72. The Balaban J connectivity index is 2.65. The highest BCUT2D eigenvalue weighted by atomic mass is 16.4. The van der Waals surface area contributed by atoms with Gasteiger partial charge in [0, 0.05) is 5.56 Å². The Kier molecular flexibility index (Phi) is 9.00. The van der Waals surface area contributed by atoms with Crippen LogP contribution in [0.2, 0.25) is 0 Å². The smallest absolute Gasteiger partial charge is 0.309 e. The van der Waals surface area contributed by atoms with Gasteiger partial charge in [0.2, 0.25) is 0 Å². The maximum Gasteiger partial charge on any atom is 0.309 e. The third-order valence-electron chi connectivity index (χ3n) is 5.81. The molecule has 0 radical (unpaired) electrons. The van der Waals surface area contributed by atoms with Crippen LogP contribution in [0.15, 0.2) is 6.07 Å². The standard InChI is InChI=1S/C23H36O7/c1-22(2,20(27)28)12-8-5-6-11-16-18(25)15(14-17(24)19(16)26)10-7-9-13-23(3,4)21(29)30/h14,24-26H,5-13H2,1-4H3,(H,27,28)(H,29,30). The molecule has 0 saturated heterocycles. The molecule has 1 aromatic carbocycles. The molecule has 30 heavy (non-hydrogen) atoms. The van der Waals surface area contributed by atoms with Crippen molar-refractivity contribution in [3.8, 4) is 17.2 Å². The maximum atomic E-state index is 11.2. The van der Waals surface area contributed by atoms with Gasteiger partial charge in [0.1, 0.15) is 5.75 Å². The predicted octanol–water partition coefficient (Wildman–Crippen LogP) is 4.84. The van der Waals surface area contributed by atoms with E-state index in [0.29, 0.717) is 62.5 Å². The molecule has 0 amide bonds. The summed E-state index contributed by atoms with van der Waals surface area (Å²) in [6.07, 6.45) is 5.30. The van der Waals surface area contributed by atoms with Crippen LogP contribution in [0.1, 0.15) is 83.8 Å². The lowest BCUT2D eigenvalue weighted by Gasteiger charge is -2.19. The highest BCUT2D eigenvalue weighted by Gasteiger charge is 2.27. The van der Waals surface area contributed by atoms with Crippen molar-refractivity contribution >= 4 is 11.9 Å². The van der Waals surface area contributed by atoms with E-state index in [1.165, 1.54) is 6.07 Å². The molecule has 7 heteroatoms. The largest absolute Gasteiger partial charge is 0.507 e. The van der Waals surface area contributed by atoms with Gasteiger partial charge in [-0.15, -0.1) is 0 Å². The molecule has 7 nitrogen and oxygen atoms in total. The van der Waals surface area contributed by atoms with E-state index in [9.17, 15) is 24.9 Å². The van der Waals surface area contributed by atoms with Gasteiger partial charge >= 0.3 is 11.9 Å². The number of aliphatic carboxylic acids is 2. The van der Waals surface area contributed by atoms with Crippen molar-refractivity contribution in [2.24, 2.45) is 10.8 Å². The van der Waals surface area contributed by atoms with Gasteiger partial charge in [-0.2, -0.15) is 0 Å². The number of carbonyl (C=O) groups is 2. The molecule has 0 aromatic heterocycles. The highest BCUT2D eigenvalue weighted by molar-refractivity contribution is 5.73.